The molecule has 1 amide bonds. The van der Waals surface area contributed by atoms with Crippen LogP contribution in [0.1, 0.15) is 24.0 Å². The summed E-state index contributed by atoms with van der Waals surface area (Å²) in [6, 6.07) is 11.9. The van der Waals surface area contributed by atoms with Crippen LogP contribution in [0.5, 0.6) is 0 Å². The van der Waals surface area contributed by atoms with Crippen LogP contribution in [0, 0.1) is 6.92 Å². The quantitative estimate of drug-likeness (QED) is 0.605. The van der Waals surface area contributed by atoms with Crippen molar-refractivity contribution in [3.8, 4) is 0 Å². The standard InChI is InChI=1S/C16H17BrN2O2S/c1-11-15(17)8-14(21-11)9-18-19-16(20)12(2)22-10-13-6-4-3-5-7-13/h3-9,12H,10H2,1-2H3,(H,19,20). The van der Waals surface area contributed by atoms with E-state index in [4.69, 9.17) is 4.42 Å². The molecule has 0 aliphatic heterocycles. The van der Waals surface area contributed by atoms with Crippen molar-refractivity contribution in [2.45, 2.75) is 24.9 Å². The lowest BCUT2D eigenvalue weighted by atomic mass is 10.2. The Hall–Kier alpha value is -1.53. The van der Waals surface area contributed by atoms with E-state index in [-0.39, 0.29) is 11.2 Å². The number of hydrogen-bond acceptors (Lipinski definition) is 4. The summed E-state index contributed by atoms with van der Waals surface area (Å²) in [5, 5.41) is 3.74. The third-order valence-corrected chi connectivity index (χ3v) is 4.96. The molecule has 0 saturated heterocycles. The predicted octanol–water partition coefficient (Wildman–Crippen LogP) is 4.12. The first-order valence-electron chi connectivity index (χ1n) is 6.80. The van der Waals surface area contributed by atoms with Crippen LogP contribution in [0.15, 0.2) is 50.4 Å². The van der Waals surface area contributed by atoms with Crippen molar-refractivity contribution in [3.05, 3.63) is 58.0 Å². The minimum atomic E-state index is -0.178. The van der Waals surface area contributed by atoms with Crippen LogP contribution in [-0.4, -0.2) is 17.4 Å². The summed E-state index contributed by atoms with van der Waals surface area (Å²) < 4.78 is 6.29. The zero-order valence-electron chi connectivity index (χ0n) is 12.4. The predicted molar refractivity (Wildman–Crippen MR) is 94.1 cm³/mol. The fraction of sp³-hybridized carbons (Fsp3) is 0.250. The monoisotopic (exact) mass is 380 g/mol. The van der Waals surface area contributed by atoms with E-state index in [1.165, 1.54) is 11.8 Å². The van der Waals surface area contributed by atoms with E-state index in [1.54, 1.807) is 17.8 Å². The smallest absolute Gasteiger partial charge is 0.252 e. The maximum absolute atomic E-state index is 11.9. The number of furan rings is 1. The minimum absolute atomic E-state index is 0.125. The van der Waals surface area contributed by atoms with Crippen LogP contribution in [0.25, 0.3) is 0 Å². The third-order valence-electron chi connectivity index (χ3n) is 2.95. The van der Waals surface area contributed by atoms with Gasteiger partial charge in [-0.3, -0.25) is 4.79 Å². The number of halogens is 1. The Bertz CT molecular complexity index is 636. The molecule has 0 fully saturated rings. The minimum Gasteiger partial charge on any atom is -0.459 e. The van der Waals surface area contributed by atoms with E-state index in [0.717, 1.165) is 16.0 Å². The van der Waals surface area contributed by atoms with Crippen LogP contribution >= 0.6 is 27.7 Å². The summed E-state index contributed by atoms with van der Waals surface area (Å²) in [5.41, 5.74) is 3.73. The van der Waals surface area contributed by atoms with Crippen LogP contribution < -0.4 is 5.43 Å². The summed E-state index contributed by atoms with van der Waals surface area (Å²) in [5.74, 6) is 2.04. The number of thioether (sulfide) groups is 1. The summed E-state index contributed by atoms with van der Waals surface area (Å²) in [7, 11) is 0. The molecule has 0 saturated carbocycles. The van der Waals surface area contributed by atoms with E-state index in [2.05, 4.69) is 26.5 Å². The molecule has 1 aromatic heterocycles. The van der Waals surface area contributed by atoms with Crippen molar-refractivity contribution in [1.29, 1.82) is 0 Å². The highest BCUT2D eigenvalue weighted by Crippen LogP contribution is 2.19. The molecule has 0 aliphatic carbocycles. The van der Waals surface area contributed by atoms with Crippen molar-refractivity contribution in [2.75, 3.05) is 0 Å². The molecular weight excluding hydrogens is 364 g/mol. The van der Waals surface area contributed by atoms with Gasteiger partial charge in [0, 0.05) is 11.8 Å². The van der Waals surface area contributed by atoms with E-state index < -0.39 is 0 Å². The van der Waals surface area contributed by atoms with Gasteiger partial charge in [0.1, 0.15) is 11.5 Å². The summed E-state index contributed by atoms with van der Waals surface area (Å²) in [6.45, 7) is 3.72. The highest BCUT2D eigenvalue weighted by atomic mass is 79.9. The first-order valence-corrected chi connectivity index (χ1v) is 8.65. The topological polar surface area (TPSA) is 54.6 Å². The van der Waals surface area contributed by atoms with Crippen LogP contribution in [0.4, 0.5) is 0 Å². The molecule has 116 valence electrons. The Kier molecular flexibility index (Phi) is 6.27. The van der Waals surface area contributed by atoms with E-state index in [1.807, 2.05) is 44.2 Å². The van der Waals surface area contributed by atoms with Crippen molar-refractivity contribution < 1.29 is 9.21 Å². The molecule has 0 radical (unpaired) electrons. The third kappa shape index (κ3) is 5.03. The van der Waals surface area contributed by atoms with Gasteiger partial charge in [-0.05, 0) is 35.3 Å². The second-order valence-electron chi connectivity index (χ2n) is 4.73. The lowest BCUT2D eigenvalue weighted by molar-refractivity contribution is -0.120. The molecule has 0 bridgehead atoms. The first kappa shape index (κ1) is 16.8. The second-order valence-corrected chi connectivity index (χ2v) is 6.91. The molecule has 2 aromatic rings. The van der Waals surface area contributed by atoms with E-state index in [9.17, 15) is 4.79 Å². The number of benzene rings is 1. The van der Waals surface area contributed by atoms with Crippen LogP contribution in [-0.2, 0) is 10.5 Å². The van der Waals surface area contributed by atoms with Crippen LogP contribution in [0.2, 0.25) is 0 Å². The number of carbonyl (C=O) groups is 1. The molecule has 4 nitrogen and oxygen atoms in total. The number of aryl methyl sites for hydroxylation is 1. The molecule has 1 aromatic carbocycles. The van der Waals surface area contributed by atoms with Crippen molar-refractivity contribution in [1.82, 2.24) is 5.43 Å². The number of carbonyl (C=O) groups excluding carboxylic acids is 1. The van der Waals surface area contributed by atoms with E-state index >= 15 is 0 Å². The number of amides is 1. The number of hydrazone groups is 1. The number of nitrogens with zero attached hydrogens (tertiary/aromatic N) is 1. The Balaban J connectivity index is 1.78. The summed E-state index contributed by atoms with van der Waals surface area (Å²) in [6.07, 6.45) is 1.49. The van der Waals surface area contributed by atoms with Gasteiger partial charge in [0.25, 0.3) is 5.91 Å². The van der Waals surface area contributed by atoms with Gasteiger partial charge in [0.05, 0.1) is 15.9 Å². The lowest BCUT2D eigenvalue weighted by Crippen LogP contribution is -2.26. The average molecular weight is 381 g/mol. The molecule has 0 spiro atoms. The van der Waals surface area contributed by atoms with E-state index in [0.29, 0.717) is 5.76 Å². The van der Waals surface area contributed by atoms with Gasteiger partial charge in [0.15, 0.2) is 0 Å². The number of nitrogens with one attached hydrogen (secondary N) is 1. The summed E-state index contributed by atoms with van der Waals surface area (Å²) in [4.78, 5) is 11.9. The van der Waals surface area contributed by atoms with Gasteiger partial charge in [-0.2, -0.15) is 5.10 Å². The Labute approximate surface area is 142 Å². The molecule has 0 aliphatic rings. The number of rotatable bonds is 6. The number of hydrogen-bond donors (Lipinski definition) is 1. The van der Waals surface area contributed by atoms with Gasteiger partial charge in [-0.25, -0.2) is 5.43 Å². The molecule has 1 unspecified atom stereocenters. The maximum atomic E-state index is 11.9. The fourth-order valence-corrected chi connectivity index (χ4v) is 2.81. The molecule has 1 atom stereocenters. The lowest BCUT2D eigenvalue weighted by Gasteiger charge is -2.09. The fourth-order valence-electron chi connectivity index (χ4n) is 1.67. The molecule has 1 N–H and O–H groups in total. The Morgan fingerprint density at radius 2 is 2.18 bits per heavy atom. The Morgan fingerprint density at radius 3 is 2.82 bits per heavy atom. The zero-order chi connectivity index (χ0) is 15.9. The highest BCUT2D eigenvalue weighted by molar-refractivity contribution is 9.10. The molecule has 2 rings (SSSR count). The molecular formula is C16H17BrN2O2S. The second kappa shape index (κ2) is 8.19. The maximum Gasteiger partial charge on any atom is 0.252 e. The van der Waals surface area contributed by atoms with Gasteiger partial charge >= 0.3 is 0 Å². The van der Waals surface area contributed by atoms with Gasteiger partial charge in [-0.1, -0.05) is 30.3 Å². The Morgan fingerprint density at radius 1 is 1.45 bits per heavy atom. The average Bonchev–Trinajstić information content (AvgIpc) is 2.84. The van der Waals surface area contributed by atoms with Crippen molar-refractivity contribution in [2.24, 2.45) is 5.10 Å². The van der Waals surface area contributed by atoms with Crippen LogP contribution in [0.3, 0.4) is 0 Å². The van der Waals surface area contributed by atoms with Gasteiger partial charge in [-0.15, -0.1) is 11.8 Å². The molecule has 22 heavy (non-hydrogen) atoms. The van der Waals surface area contributed by atoms with Crippen molar-refractivity contribution >= 4 is 39.8 Å². The molecule has 6 heteroatoms. The highest BCUT2D eigenvalue weighted by Gasteiger charge is 2.12. The molecule has 1 heterocycles. The zero-order valence-corrected chi connectivity index (χ0v) is 14.8. The van der Waals surface area contributed by atoms with Gasteiger partial charge in [0.2, 0.25) is 0 Å². The first-order chi connectivity index (χ1) is 10.6. The van der Waals surface area contributed by atoms with Gasteiger partial charge < -0.3 is 4.42 Å². The summed E-state index contributed by atoms with van der Waals surface area (Å²) >= 11 is 4.93. The SMILES string of the molecule is Cc1oc(C=NNC(=O)C(C)SCc2ccccc2)cc1Br. The normalized spacial score (nSPS) is 12.5. The van der Waals surface area contributed by atoms with Crippen molar-refractivity contribution in [3.63, 3.8) is 0 Å². The largest absolute Gasteiger partial charge is 0.459 e.